The molecule has 1 fully saturated rings. The molecule has 1 atom stereocenters. The van der Waals surface area contributed by atoms with E-state index in [1.54, 1.807) is 11.3 Å². The second-order valence-electron chi connectivity index (χ2n) is 4.50. The number of aryl methyl sites for hydroxylation is 1. The highest BCUT2D eigenvalue weighted by molar-refractivity contribution is 7.15. The van der Waals surface area contributed by atoms with E-state index >= 15 is 0 Å². The Bertz CT molecular complexity index is 537. The summed E-state index contributed by atoms with van der Waals surface area (Å²) in [5.74, 6) is 0.871. The minimum Gasteiger partial charge on any atom is -0.316 e. The van der Waals surface area contributed by atoms with Gasteiger partial charge in [0, 0.05) is 17.1 Å². The minimum atomic E-state index is 0. The number of nitrogens with one attached hydrogen (secondary N) is 2. The maximum Gasteiger partial charge on any atom is 0.188 e. The largest absolute Gasteiger partial charge is 0.316 e. The van der Waals surface area contributed by atoms with E-state index in [1.807, 2.05) is 18.3 Å². The molecule has 1 aliphatic heterocycles. The molecule has 2 aromatic heterocycles. The lowest BCUT2D eigenvalue weighted by atomic mass is 10.1. The van der Waals surface area contributed by atoms with Crippen molar-refractivity contribution in [3.05, 3.63) is 35.0 Å². The van der Waals surface area contributed by atoms with Gasteiger partial charge in [-0.15, -0.1) is 23.7 Å². The summed E-state index contributed by atoms with van der Waals surface area (Å²) in [4.78, 5) is 10.1. The lowest BCUT2D eigenvalue weighted by Gasteiger charge is -2.11. The van der Waals surface area contributed by atoms with Gasteiger partial charge in [-0.3, -0.25) is 0 Å². The standard InChI is InChI=1S/C13H16N4S.ClH/c1-9-8-15-13(18-9)17-12-6-2-4-11(16-12)10-5-3-7-14-10;/h2,4,6,8,10,14H,3,5,7H2,1H3,(H,15,16,17);1H. The Hall–Kier alpha value is -1.17. The SMILES string of the molecule is Cc1cnc(Nc2cccc(C3CCCN3)n2)s1.Cl. The number of thiazole rings is 1. The Kier molecular flexibility index (Phi) is 4.74. The fourth-order valence-corrected chi connectivity index (χ4v) is 2.85. The first kappa shape index (κ1) is 14.2. The van der Waals surface area contributed by atoms with Gasteiger partial charge < -0.3 is 10.6 Å². The highest BCUT2D eigenvalue weighted by atomic mass is 35.5. The maximum absolute atomic E-state index is 4.65. The quantitative estimate of drug-likeness (QED) is 0.911. The van der Waals surface area contributed by atoms with Crippen molar-refractivity contribution in [1.29, 1.82) is 0 Å². The molecule has 0 spiro atoms. The number of hydrogen-bond acceptors (Lipinski definition) is 5. The van der Waals surface area contributed by atoms with Crippen LogP contribution >= 0.6 is 23.7 Å². The van der Waals surface area contributed by atoms with E-state index < -0.39 is 0 Å². The van der Waals surface area contributed by atoms with Gasteiger partial charge in [0.2, 0.25) is 0 Å². The van der Waals surface area contributed by atoms with Gasteiger partial charge >= 0.3 is 0 Å². The number of nitrogens with zero attached hydrogens (tertiary/aromatic N) is 2. The first-order chi connectivity index (χ1) is 8.81. The second-order valence-corrected chi connectivity index (χ2v) is 5.73. The van der Waals surface area contributed by atoms with Crippen molar-refractivity contribution in [1.82, 2.24) is 15.3 Å². The van der Waals surface area contributed by atoms with E-state index in [9.17, 15) is 0 Å². The van der Waals surface area contributed by atoms with Crippen molar-refractivity contribution < 1.29 is 0 Å². The molecule has 0 amide bonds. The number of pyridine rings is 1. The van der Waals surface area contributed by atoms with Gasteiger partial charge in [0.05, 0.1) is 5.69 Å². The third-order valence-electron chi connectivity index (χ3n) is 3.04. The number of aromatic nitrogens is 2. The van der Waals surface area contributed by atoms with Crippen LogP contribution in [0.2, 0.25) is 0 Å². The van der Waals surface area contributed by atoms with Gasteiger partial charge in [0.25, 0.3) is 0 Å². The van der Waals surface area contributed by atoms with Crippen LogP contribution in [0.15, 0.2) is 24.4 Å². The van der Waals surface area contributed by atoms with E-state index in [1.165, 1.54) is 17.7 Å². The summed E-state index contributed by atoms with van der Waals surface area (Å²) >= 11 is 1.64. The van der Waals surface area contributed by atoms with Crippen LogP contribution in [0.5, 0.6) is 0 Å². The molecule has 0 aliphatic carbocycles. The molecule has 19 heavy (non-hydrogen) atoms. The Labute approximate surface area is 123 Å². The predicted molar refractivity (Wildman–Crippen MR) is 81.6 cm³/mol. The lowest BCUT2D eigenvalue weighted by molar-refractivity contribution is 0.629. The highest BCUT2D eigenvalue weighted by Gasteiger charge is 2.17. The number of halogens is 1. The van der Waals surface area contributed by atoms with Crippen LogP contribution < -0.4 is 10.6 Å². The van der Waals surface area contributed by atoms with E-state index in [-0.39, 0.29) is 12.4 Å². The first-order valence-corrected chi connectivity index (χ1v) is 7.03. The number of rotatable bonds is 3. The van der Waals surface area contributed by atoms with Gasteiger partial charge in [-0.2, -0.15) is 0 Å². The van der Waals surface area contributed by atoms with Gasteiger partial charge in [0.1, 0.15) is 5.82 Å². The fourth-order valence-electron chi connectivity index (χ4n) is 2.17. The molecule has 4 nitrogen and oxygen atoms in total. The van der Waals surface area contributed by atoms with Crippen LogP contribution in [0.25, 0.3) is 0 Å². The van der Waals surface area contributed by atoms with E-state index in [0.717, 1.165) is 23.2 Å². The average Bonchev–Trinajstić information content (AvgIpc) is 3.01. The summed E-state index contributed by atoms with van der Waals surface area (Å²) in [6.07, 6.45) is 4.28. The summed E-state index contributed by atoms with van der Waals surface area (Å²) in [5.41, 5.74) is 1.12. The van der Waals surface area contributed by atoms with E-state index in [4.69, 9.17) is 0 Å². The Morgan fingerprint density at radius 2 is 2.32 bits per heavy atom. The summed E-state index contributed by atoms with van der Waals surface area (Å²) in [6.45, 7) is 3.14. The summed E-state index contributed by atoms with van der Waals surface area (Å²) in [7, 11) is 0. The zero-order valence-electron chi connectivity index (χ0n) is 10.7. The number of hydrogen-bond donors (Lipinski definition) is 2. The van der Waals surface area contributed by atoms with Crippen molar-refractivity contribution in [3.63, 3.8) is 0 Å². The lowest BCUT2D eigenvalue weighted by Crippen LogP contribution is -2.14. The molecule has 0 aromatic carbocycles. The highest BCUT2D eigenvalue weighted by Crippen LogP contribution is 2.24. The molecule has 0 radical (unpaired) electrons. The van der Waals surface area contributed by atoms with Crippen LogP contribution in [0.4, 0.5) is 10.9 Å². The van der Waals surface area contributed by atoms with Crippen molar-refractivity contribution in [2.45, 2.75) is 25.8 Å². The molecule has 2 N–H and O–H groups in total. The molecule has 102 valence electrons. The fraction of sp³-hybridized carbons (Fsp3) is 0.385. The minimum absolute atomic E-state index is 0. The summed E-state index contributed by atoms with van der Waals surface area (Å²) < 4.78 is 0. The first-order valence-electron chi connectivity index (χ1n) is 6.21. The summed E-state index contributed by atoms with van der Waals surface area (Å²) in [5, 5.41) is 7.62. The normalized spacial score (nSPS) is 18.1. The zero-order valence-corrected chi connectivity index (χ0v) is 12.4. The predicted octanol–water partition coefficient (Wildman–Crippen LogP) is 3.44. The molecule has 1 saturated heterocycles. The number of anilines is 2. The molecule has 0 saturated carbocycles. The third-order valence-corrected chi connectivity index (χ3v) is 3.87. The van der Waals surface area contributed by atoms with Gasteiger partial charge in [-0.05, 0) is 38.4 Å². The van der Waals surface area contributed by atoms with Crippen LogP contribution in [0.3, 0.4) is 0 Å². The van der Waals surface area contributed by atoms with Gasteiger partial charge in [-0.25, -0.2) is 9.97 Å². The smallest absolute Gasteiger partial charge is 0.188 e. The topological polar surface area (TPSA) is 49.8 Å². The van der Waals surface area contributed by atoms with Crippen LogP contribution in [-0.2, 0) is 0 Å². The van der Waals surface area contributed by atoms with Crippen molar-refractivity contribution in [3.8, 4) is 0 Å². The van der Waals surface area contributed by atoms with Crippen molar-refractivity contribution >= 4 is 34.7 Å². The Balaban J connectivity index is 0.00000133. The van der Waals surface area contributed by atoms with E-state index in [2.05, 4.69) is 33.6 Å². The molecule has 0 bridgehead atoms. The average molecular weight is 297 g/mol. The monoisotopic (exact) mass is 296 g/mol. The Morgan fingerprint density at radius 1 is 1.42 bits per heavy atom. The molecule has 3 rings (SSSR count). The Morgan fingerprint density at radius 3 is 3.00 bits per heavy atom. The molecular formula is C13H17ClN4S. The second kappa shape index (κ2) is 6.32. The molecule has 3 heterocycles. The molecule has 6 heteroatoms. The molecule has 2 aromatic rings. The third kappa shape index (κ3) is 3.43. The van der Waals surface area contributed by atoms with Gasteiger partial charge in [-0.1, -0.05) is 6.07 Å². The summed E-state index contributed by atoms with van der Waals surface area (Å²) in [6, 6.07) is 6.52. The van der Waals surface area contributed by atoms with Gasteiger partial charge in [0.15, 0.2) is 5.13 Å². The van der Waals surface area contributed by atoms with Crippen LogP contribution in [0, 0.1) is 6.92 Å². The molecule has 1 aliphatic rings. The van der Waals surface area contributed by atoms with E-state index in [0.29, 0.717) is 6.04 Å². The maximum atomic E-state index is 4.65. The molecular weight excluding hydrogens is 280 g/mol. The van der Waals surface area contributed by atoms with Crippen molar-refractivity contribution in [2.75, 3.05) is 11.9 Å². The molecule has 1 unspecified atom stereocenters. The zero-order chi connectivity index (χ0) is 12.4. The van der Waals surface area contributed by atoms with Crippen molar-refractivity contribution in [2.24, 2.45) is 0 Å². The van der Waals surface area contributed by atoms with Crippen LogP contribution in [-0.4, -0.2) is 16.5 Å². The van der Waals surface area contributed by atoms with Crippen LogP contribution in [0.1, 0.15) is 29.5 Å².